The van der Waals surface area contributed by atoms with E-state index < -0.39 is 0 Å². The van der Waals surface area contributed by atoms with Gasteiger partial charge in [-0.25, -0.2) is 0 Å². The van der Waals surface area contributed by atoms with Gasteiger partial charge in [-0.3, -0.25) is 9.59 Å². The van der Waals surface area contributed by atoms with Gasteiger partial charge in [0, 0.05) is 23.5 Å². The fraction of sp³-hybridized carbons (Fsp3) is 0.273. The van der Waals surface area contributed by atoms with Crippen LogP contribution in [0, 0.1) is 0 Å². The van der Waals surface area contributed by atoms with Gasteiger partial charge < -0.3 is 9.47 Å². The number of ketones is 1. The SMILES string of the molecule is Cn1c2c(c3ccccc31)C(=O)C1CCCC2N1C(=O)c1ccccc1. The Morgan fingerprint density at radius 1 is 0.962 bits per heavy atom. The standard InChI is InChI=1S/C22H20N2O2/c1-23-16-11-6-5-10-15(16)19-20(23)17-12-7-13-18(21(19)25)24(17)22(26)14-8-3-2-4-9-14/h2-6,8-11,17-18H,7,12-13H2,1H3. The quantitative estimate of drug-likeness (QED) is 0.667. The number of aromatic nitrogens is 1. The summed E-state index contributed by atoms with van der Waals surface area (Å²) in [6, 6.07) is 17.0. The van der Waals surface area contributed by atoms with Gasteiger partial charge in [0.15, 0.2) is 5.78 Å². The maximum atomic E-state index is 13.4. The van der Waals surface area contributed by atoms with Crippen molar-refractivity contribution in [3.63, 3.8) is 0 Å². The minimum absolute atomic E-state index is 0.0356. The van der Waals surface area contributed by atoms with Gasteiger partial charge in [0.1, 0.15) is 0 Å². The van der Waals surface area contributed by atoms with Crippen LogP contribution in [0.2, 0.25) is 0 Å². The molecule has 26 heavy (non-hydrogen) atoms. The largest absolute Gasteiger partial charge is 0.345 e. The molecule has 1 fully saturated rings. The topological polar surface area (TPSA) is 42.3 Å². The predicted octanol–water partition coefficient (Wildman–Crippen LogP) is 4.11. The molecule has 2 aliphatic rings. The van der Waals surface area contributed by atoms with E-state index in [-0.39, 0.29) is 23.8 Å². The van der Waals surface area contributed by atoms with Crippen LogP contribution in [-0.4, -0.2) is 27.2 Å². The van der Waals surface area contributed by atoms with E-state index in [2.05, 4.69) is 4.57 Å². The first-order valence-corrected chi connectivity index (χ1v) is 9.17. The summed E-state index contributed by atoms with van der Waals surface area (Å²) < 4.78 is 2.11. The van der Waals surface area contributed by atoms with E-state index in [0.717, 1.165) is 41.4 Å². The van der Waals surface area contributed by atoms with Crippen LogP contribution in [0.1, 0.15) is 51.7 Å². The van der Waals surface area contributed by atoms with Crippen molar-refractivity contribution in [3.05, 3.63) is 71.4 Å². The molecule has 3 heterocycles. The molecule has 1 aromatic heterocycles. The molecule has 130 valence electrons. The van der Waals surface area contributed by atoms with Gasteiger partial charge in [-0.05, 0) is 37.5 Å². The first kappa shape index (κ1) is 15.4. The summed E-state index contributed by atoms with van der Waals surface area (Å²) in [5.41, 5.74) is 3.54. The summed E-state index contributed by atoms with van der Waals surface area (Å²) in [4.78, 5) is 28.5. The van der Waals surface area contributed by atoms with Crippen molar-refractivity contribution in [1.82, 2.24) is 9.47 Å². The second-order valence-corrected chi connectivity index (χ2v) is 7.24. The van der Waals surface area contributed by atoms with Crippen LogP contribution in [0.15, 0.2) is 54.6 Å². The predicted molar refractivity (Wildman–Crippen MR) is 100 cm³/mol. The number of rotatable bonds is 1. The minimum atomic E-state index is -0.347. The van der Waals surface area contributed by atoms with Crippen LogP contribution >= 0.6 is 0 Å². The monoisotopic (exact) mass is 344 g/mol. The van der Waals surface area contributed by atoms with Crippen LogP contribution in [-0.2, 0) is 7.05 Å². The number of carbonyl (C=O) groups excluding carboxylic acids is 2. The van der Waals surface area contributed by atoms with E-state index in [1.165, 1.54) is 0 Å². The maximum absolute atomic E-state index is 13.4. The Labute approximate surface area is 152 Å². The van der Waals surface area contributed by atoms with Crippen molar-refractivity contribution in [2.24, 2.45) is 7.05 Å². The summed E-state index contributed by atoms with van der Waals surface area (Å²) in [6.07, 6.45) is 2.62. The molecular formula is C22H20N2O2. The first-order valence-electron chi connectivity index (χ1n) is 9.17. The number of hydrogen-bond acceptors (Lipinski definition) is 2. The Balaban J connectivity index is 1.72. The van der Waals surface area contributed by atoms with Crippen molar-refractivity contribution in [2.75, 3.05) is 0 Å². The lowest BCUT2D eigenvalue weighted by Gasteiger charge is -2.45. The lowest BCUT2D eigenvalue weighted by atomic mass is 9.81. The van der Waals surface area contributed by atoms with Gasteiger partial charge in [0.05, 0.1) is 23.3 Å². The molecule has 2 aromatic carbocycles. The Kier molecular flexibility index (Phi) is 3.29. The number of para-hydroxylation sites is 1. The third kappa shape index (κ3) is 1.96. The van der Waals surface area contributed by atoms with Crippen molar-refractivity contribution in [3.8, 4) is 0 Å². The summed E-state index contributed by atoms with van der Waals surface area (Å²) in [7, 11) is 2.01. The van der Waals surface area contributed by atoms with E-state index in [4.69, 9.17) is 0 Å². The van der Waals surface area contributed by atoms with Crippen molar-refractivity contribution in [1.29, 1.82) is 0 Å². The van der Waals surface area contributed by atoms with Crippen LogP contribution in [0.4, 0.5) is 0 Å². The Hall–Kier alpha value is -2.88. The molecular weight excluding hydrogens is 324 g/mol. The zero-order valence-corrected chi connectivity index (χ0v) is 14.7. The molecule has 2 aliphatic heterocycles. The Morgan fingerprint density at radius 3 is 2.46 bits per heavy atom. The lowest BCUT2D eigenvalue weighted by molar-refractivity contribution is 0.0351. The van der Waals surface area contributed by atoms with Crippen LogP contribution in [0.5, 0.6) is 0 Å². The van der Waals surface area contributed by atoms with E-state index >= 15 is 0 Å². The first-order chi connectivity index (χ1) is 12.7. The van der Waals surface area contributed by atoms with Crippen LogP contribution in [0.25, 0.3) is 10.9 Å². The molecule has 3 aromatic rings. The number of fused-ring (bicyclic) bond motifs is 6. The van der Waals surface area contributed by atoms with E-state index in [1.54, 1.807) is 0 Å². The third-order valence-corrected chi connectivity index (χ3v) is 5.90. The lowest BCUT2D eigenvalue weighted by Crippen LogP contribution is -2.53. The molecule has 4 heteroatoms. The minimum Gasteiger partial charge on any atom is -0.345 e. The molecule has 2 atom stereocenters. The maximum Gasteiger partial charge on any atom is 0.255 e. The highest BCUT2D eigenvalue weighted by molar-refractivity contribution is 6.15. The van der Waals surface area contributed by atoms with Gasteiger partial charge in [0.25, 0.3) is 5.91 Å². The highest BCUT2D eigenvalue weighted by Crippen LogP contribution is 2.45. The third-order valence-electron chi connectivity index (χ3n) is 5.90. The highest BCUT2D eigenvalue weighted by atomic mass is 16.2. The molecule has 0 spiro atoms. The second kappa shape index (κ2) is 5.56. The number of piperidine rings is 1. The van der Waals surface area contributed by atoms with Gasteiger partial charge >= 0.3 is 0 Å². The molecule has 0 aliphatic carbocycles. The molecule has 2 bridgehead atoms. The smallest absolute Gasteiger partial charge is 0.255 e. The van der Waals surface area contributed by atoms with Gasteiger partial charge in [0.2, 0.25) is 0 Å². The fourth-order valence-electron chi connectivity index (χ4n) is 4.77. The van der Waals surface area contributed by atoms with Crippen molar-refractivity contribution in [2.45, 2.75) is 31.3 Å². The fourth-order valence-corrected chi connectivity index (χ4v) is 4.77. The number of nitrogens with zero attached hydrogens (tertiary/aromatic N) is 2. The van der Waals surface area contributed by atoms with E-state index in [9.17, 15) is 9.59 Å². The van der Waals surface area contributed by atoms with Crippen molar-refractivity contribution < 1.29 is 9.59 Å². The van der Waals surface area contributed by atoms with Gasteiger partial charge in [-0.15, -0.1) is 0 Å². The zero-order valence-electron chi connectivity index (χ0n) is 14.7. The number of carbonyl (C=O) groups is 2. The average Bonchev–Trinajstić information content (AvgIpc) is 2.99. The summed E-state index contributed by atoms with van der Waals surface area (Å²) >= 11 is 0. The van der Waals surface area contributed by atoms with E-state index in [1.807, 2.05) is 66.5 Å². The van der Waals surface area contributed by atoms with Crippen molar-refractivity contribution >= 4 is 22.6 Å². The molecule has 4 nitrogen and oxygen atoms in total. The molecule has 5 rings (SSSR count). The normalized spacial score (nSPS) is 21.7. The average molecular weight is 344 g/mol. The highest BCUT2D eigenvalue weighted by Gasteiger charge is 2.47. The summed E-state index contributed by atoms with van der Waals surface area (Å²) in [5.74, 6) is 0.0570. The van der Waals surface area contributed by atoms with E-state index in [0.29, 0.717) is 5.56 Å². The molecule has 0 N–H and O–H groups in total. The molecule has 0 radical (unpaired) electrons. The summed E-state index contributed by atoms with van der Waals surface area (Å²) in [6.45, 7) is 0. The number of Topliss-reactive ketones (excluding diaryl/α,β-unsaturated/α-hetero) is 1. The number of amides is 1. The molecule has 1 saturated heterocycles. The summed E-state index contributed by atoms with van der Waals surface area (Å²) in [5, 5.41) is 1.01. The molecule has 1 amide bonds. The molecule has 2 unspecified atom stereocenters. The van der Waals surface area contributed by atoms with Crippen LogP contribution in [0.3, 0.4) is 0 Å². The second-order valence-electron chi connectivity index (χ2n) is 7.24. The number of hydrogen-bond donors (Lipinski definition) is 0. The van der Waals surface area contributed by atoms with Crippen LogP contribution < -0.4 is 0 Å². The van der Waals surface area contributed by atoms with Gasteiger partial charge in [-0.1, -0.05) is 36.4 Å². The Bertz CT molecular complexity index is 1030. The number of benzene rings is 2. The zero-order chi connectivity index (χ0) is 17.8. The van der Waals surface area contributed by atoms with Gasteiger partial charge in [-0.2, -0.15) is 0 Å². The Morgan fingerprint density at radius 2 is 1.65 bits per heavy atom. The molecule has 0 saturated carbocycles. The number of aryl methyl sites for hydroxylation is 1.